The van der Waals surface area contributed by atoms with Crippen molar-refractivity contribution in [3.8, 4) is 0 Å². The maximum Gasteiger partial charge on any atom is 0.273 e. The molecule has 0 N–H and O–H groups in total. The van der Waals surface area contributed by atoms with Gasteiger partial charge in [0.1, 0.15) is 6.10 Å². The molecule has 1 aliphatic rings. The van der Waals surface area contributed by atoms with Crippen molar-refractivity contribution in [1.82, 2.24) is 0 Å². The third kappa shape index (κ3) is 4.18. The maximum atomic E-state index is 5.50. The Balaban J connectivity index is 2.11. The molecule has 13 heavy (non-hydrogen) atoms. The summed E-state index contributed by atoms with van der Waals surface area (Å²) in [4.78, 5) is 0. The first kappa shape index (κ1) is 10.4. The van der Waals surface area contributed by atoms with Crippen molar-refractivity contribution in [3.63, 3.8) is 0 Å². The molecule has 0 aromatic carbocycles. The van der Waals surface area contributed by atoms with Crippen LogP contribution in [0.25, 0.3) is 0 Å². The highest BCUT2D eigenvalue weighted by molar-refractivity contribution is 4.74. The summed E-state index contributed by atoms with van der Waals surface area (Å²) in [7, 11) is 1.58. The molecule has 0 heterocycles. The van der Waals surface area contributed by atoms with Crippen LogP contribution in [0.1, 0.15) is 32.1 Å². The molecule has 3 nitrogen and oxygen atoms in total. The van der Waals surface area contributed by atoms with E-state index in [0.29, 0.717) is 12.0 Å². The maximum absolute atomic E-state index is 5.50. The number of hydrogen-bond donors (Lipinski definition) is 0. The fourth-order valence-electron chi connectivity index (χ4n) is 1.53. The van der Waals surface area contributed by atoms with Crippen molar-refractivity contribution in [2.24, 2.45) is 0 Å². The largest absolute Gasteiger partial charge is 0.463 e. The molecule has 0 unspecified atom stereocenters. The molecule has 0 saturated heterocycles. The summed E-state index contributed by atoms with van der Waals surface area (Å²) in [6.45, 7) is 3.88. The molecular formula is C10H18O3. The van der Waals surface area contributed by atoms with E-state index in [1.54, 1.807) is 7.11 Å². The zero-order valence-corrected chi connectivity index (χ0v) is 8.25. The molecule has 0 aromatic heterocycles. The summed E-state index contributed by atoms with van der Waals surface area (Å²) in [5, 5.41) is 0. The molecule has 0 aromatic rings. The summed E-state index contributed by atoms with van der Waals surface area (Å²) < 4.78 is 15.3. The third-order valence-corrected chi connectivity index (χ3v) is 2.19. The van der Waals surface area contributed by atoms with Crippen LogP contribution in [-0.4, -0.2) is 20.0 Å². The lowest BCUT2D eigenvalue weighted by molar-refractivity contribution is -0.0802. The average Bonchev–Trinajstić information content (AvgIpc) is 2.16. The highest BCUT2D eigenvalue weighted by atomic mass is 16.7. The molecule has 0 aliphatic heterocycles. The first-order valence-electron chi connectivity index (χ1n) is 4.80. The Morgan fingerprint density at radius 2 is 2.00 bits per heavy atom. The van der Waals surface area contributed by atoms with Crippen molar-refractivity contribution < 1.29 is 14.2 Å². The van der Waals surface area contributed by atoms with Gasteiger partial charge in [-0.2, -0.15) is 0 Å². The van der Waals surface area contributed by atoms with Gasteiger partial charge in [-0.1, -0.05) is 6.42 Å². The van der Waals surface area contributed by atoms with Crippen LogP contribution >= 0.6 is 0 Å². The van der Waals surface area contributed by atoms with Gasteiger partial charge >= 0.3 is 0 Å². The Morgan fingerprint density at radius 3 is 2.62 bits per heavy atom. The van der Waals surface area contributed by atoms with Gasteiger partial charge < -0.3 is 14.2 Å². The van der Waals surface area contributed by atoms with Gasteiger partial charge in [-0.15, -0.1) is 0 Å². The first-order chi connectivity index (χ1) is 6.33. The molecule has 0 spiro atoms. The second-order valence-electron chi connectivity index (χ2n) is 3.30. The SMILES string of the molecule is C=C(OCOC)OC1CCCCC1. The highest BCUT2D eigenvalue weighted by Crippen LogP contribution is 2.22. The van der Waals surface area contributed by atoms with E-state index in [4.69, 9.17) is 14.2 Å². The van der Waals surface area contributed by atoms with E-state index >= 15 is 0 Å². The van der Waals surface area contributed by atoms with Crippen LogP contribution in [0.2, 0.25) is 0 Å². The quantitative estimate of drug-likeness (QED) is 0.487. The third-order valence-electron chi connectivity index (χ3n) is 2.19. The Labute approximate surface area is 79.7 Å². The molecule has 0 atom stereocenters. The van der Waals surface area contributed by atoms with Gasteiger partial charge in [0.15, 0.2) is 6.79 Å². The highest BCUT2D eigenvalue weighted by Gasteiger charge is 2.15. The minimum atomic E-state index is 0.214. The van der Waals surface area contributed by atoms with Crippen LogP contribution in [0.5, 0.6) is 0 Å². The van der Waals surface area contributed by atoms with E-state index in [1.165, 1.54) is 19.3 Å². The lowest BCUT2D eigenvalue weighted by Crippen LogP contribution is -2.17. The van der Waals surface area contributed by atoms with Gasteiger partial charge in [0.25, 0.3) is 5.95 Å². The summed E-state index contributed by atoms with van der Waals surface area (Å²) in [6.07, 6.45) is 6.37. The fourth-order valence-corrected chi connectivity index (χ4v) is 1.53. The van der Waals surface area contributed by atoms with Crippen molar-refractivity contribution in [2.45, 2.75) is 38.2 Å². The van der Waals surface area contributed by atoms with Gasteiger partial charge in [0.2, 0.25) is 0 Å². The lowest BCUT2D eigenvalue weighted by Gasteiger charge is -2.23. The van der Waals surface area contributed by atoms with Crippen molar-refractivity contribution >= 4 is 0 Å². The van der Waals surface area contributed by atoms with E-state index in [9.17, 15) is 0 Å². The Bertz CT molecular complexity index is 150. The monoisotopic (exact) mass is 186 g/mol. The Morgan fingerprint density at radius 1 is 1.31 bits per heavy atom. The van der Waals surface area contributed by atoms with E-state index in [2.05, 4.69) is 6.58 Å². The number of methoxy groups -OCH3 is 1. The number of ether oxygens (including phenoxy) is 3. The number of hydrogen-bond acceptors (Lipinski definition) is 3. The predicted octanol–water partition coefficient (Wildman–Crippen LogP) is 2.43. The second-order valence-corrected chi connectivity index (χ2v) is 3.30. The minimum Gasteiger partial charge on any atom is -0.463 e. The van der Waals surface area contributed by atoms with E-state index in [1.807, 2.05) is 0 Å². The fraction of sp³-hybridized carbons (Fsp3) is 0.800. The standard InChI is InChI=1S/C10H18O3/c1-9(12-8-11-2)13-10-6-4-3-5-7-10/h10H,1,3-8H2,2H3. The second kappa shape index (κ2) is 5.86. The van der Waals surface area contributed by atoms with Crippen molar-refractivity contribution in [3.05, 3.63) is 12.5 Å². The summed E-state index contributed by atoms with van der Waals surface area (Å²) in [5.41, 5.74) is 0. The zero-order chi connectivity index (χ0) is 9.52. The van der Waals surface area contributed by atoms with Crippen LogP contribution in [-0.2, 0) is 14.2 Å². The summed E-state index contributed by atoms with van der Waals surface area (Å²) in [5.74, 6) is 0.383. The molecule has 0 radical (unpaired) electrons. The van der Waals surface area contributed by atoms with E-state index < -0.39 is 0 Å². The molecular weight excluding hydrogens is 168 g/mol. The van der Waals surface area contributed by atoms with Gasteiger partial charge in [0, 0.05) is 7.11 Å². The van der Waals surface area contributed by atoms with E-state index in [0.717, 1.165) is 12.8 Å². The summed E-state index contributed by atoms with van der Waals surface area (Å²) in [6, 6.07) is 0. The lowest BCUT2D eigenvalue weighted by atomic mass is 9.98. The Kier molecular flexibility index (Phi) is 4.68. The molecule has 1 rings (SSSR count). The molecule has 76 valence electrons. The average molecular weight is 186 g/mol. The molecule has 1 saturated carbocycles. The molecule has 0 bridgehead atoms. The van der Waals surface area contributed by atoms with Crippen molar-refractivity contribution in [1.29, 1.82) is 0 Å². The molecule has 1 aliphatic carbocycles. The van der Waals surface area contributed by atoms with Gasteiger partial charge in [-0.25, -0.2) is 0 Å². The van der Waals surface area contributed by atoms with Gasteiger partial charge in [0.05, 0.1) is 0 Å². The van der Waals surface area contributed by atoms with Crippen LogP contribution in [0.4, 0.5) is 0 Å². The Hall–Kier alpha value is -0.700. The van der Waals surface area contributed by atoms with Crippen LogP contribution < -0.4 is 0 Å². The summed E-state index contributed by atoms with van der Waals surface area (Å²) >= 11 is 0. The first-order valence-corrected chi connectivity index (χ1v) is 4.80. The minimum absolute atomic E-state index is 0.214. The van der Waals surface area contributed by atoms with Crippen molar-refractivity contribution in [2.75, 3.05) is 13.9 Å². The zero-order valence-electron chi connectivity index (χ0n) is 8.25. The predicted molar refractivity (Wildman–Crippen MR) is 50.1 cm³/mol. The van der Waals surface area contributed by atoms with Gasteiger partial charge in [-0.05, 0) is 32.3 Å². The molecule has 0 amide bonds. The topological polar surface area (TPSA) is 27.7 Å². The smallest absolute Gasteiger partial charge is 0.273 e. The van der Waals surface area contributed by atoms with Crippen LogP contribution in [0, 0.1) is 0 Å². The molecule has 1 fully saturated rings. The van der Waals surface area contributed by atoms with Crippen LogP contribution in [0.15, 0.2) is 12.5 Å². The van der Waals surface area contributed by atoms with Gasteiger partial charge in [-0.3, -0.25) is 0 Å². The van der Waals surface area contributed by atoms with E-state index in [-0.39, 0.29) is 6.79 Å². The number of rotatable bonds is 5. The molecule has 3 heteroatoms. The van der Waals surface area contributed by atoms with Crippen LogP contribution in [0.3, 0.4) is 0 Å². The normalized spacial score (nSPS) is 18.2.